The number of nitrogens with zero attached hydrogens (tertiary/aromatic N) is 2. The van der Waals surface area contributed by atoms with E-state index in [1.54, 1.807) is 11.8 Å². The Balaban J connectivity index is 1.96. The largest absolute Gasteiger partial charge is 0.416 e. The molecular weight excluding hydrogens is 484 g/mol. The zero-order valence-electron chi connectivity index (χ0n) is 18.9. The number of alkyl halides is 3. The first-order valence-corrected chi connectivity index (χ1v) is 11.6. The van der Waals surface area contributed by atoms with E-state index in [-0.39, 0.29) is 15.7 Å². The number of aryl methyl sites for hydroxylation is 1. The van der Waals surface area contributed by atoms with Crippen molar-refractivity contribution >= 4 is 34.0 Å². The second-order valence-corrected chi connectivity index (χ2v) is 8.71. The predicted molar refractivity (Wildman–Crippen MR) is 130 cm³/mol. The molecule has 0 aliphatic rings. The van der Waals surface area contributed by atoms with Crippen molar-refractivity contribution < 1.29 is 17.9 Å². The summed E-state index contributed by atoms with van der Waals surface area (Å²) in [6.07, 6.45) is -3.85. The van der Waals surface area contributed by atoms with Crippen molar-refractivity contribution in [3.63, 3.8) is 0 Å². The third-order valence-electron chi connectivity index (χ3n) is 5.93. The van der Waals surface area contributed by atoms with Gasteiger partial charge in [0, 0.05) is 12.7 Å². The SMILES string of the molecule is CCc1nn(-c2c(Cl)cc(C(F)(F)F)cc2Cl)c(CC)c1C(OC)c1cccc2ccccc12. The fourth-order valence-electron chi connectivity index (χ4n) is 4.42. The van der Waals surface area contributed by atoms with E-state index in [0.29, 0.717) is 12.8 Å². The van der Waals surface area contributed by atoms with E-state index in [0.717, 1.165) is 45.4 Å². The standard InChI is InChI=1S/C26H23Cl2F3N2O/c1-4-21-23(25(34-3)18-12-8-10-15-9-6-7-11-17(15)18)22(5-2)33(32-21)24-19(27)13-16(14-20(24)28)26(29,30)31/h6-14,25H,4-5H2,1-3H3. The molecule has 0 aliphatic carbocycles. The molecular formula is C26H23Cl2F3N2O. The van der Waals surface area contributed by atoms with Crippen molar-refractivity contribution in [1.29, 1.82) is 0 Å². The minimum absolute atomic E-state index is 0.120. The molecule has 4 aromatic rings. The maximum absolute atomic E-state index is 13.3. The molecule has 0 saturated carbocycles. The van der Waals surface area contributed by atoms with Gasteiger partial charge in [-0.05, 0) is 41.3 Å². The van der Waals surface area contributed by atoms with Crippen LogP contribution < -0.4 is 0 Å². The van der Waals surface area contributed by atoms with Gasteiger partial charge >= 0.3 is 6.18 Å². The van der Waals surface area contributed by atoms with Gasteiger partial charge in [-0.3, -0.25) is 0 Å². The van der Waals surface area contributed by atoms with Gasteiger partial charge in [-0.15, -0.1) is 0 Å². The summed E-state index contributed by atoms with van der Waals surface area (Å²) >= 11 is 12.7. The minimum atomic E-state index is -4.56. The maximum atomic E-state index is 13.3. The lowest BCUT2D eigenvalue weighted by Gasteiger charge is -2.20. The normalized spacial score (nSPS) is 12.9. The van der Waals surface area contributed by atoms with Crippen molar-refractivity contribution in [3.8, 4) is 5.69 Å². The molecule has 0 spiro atoms. The van der Waals surface area contributed by atoms with Crippen LogP contribution >= 0.6 is 23.2 Å². The van der Waals surface area contributed by atoms with E-state index in [1.807, 2.05) is 56.3 Å². The zero-order chi connectivity index (χ0) is 24.6. The molecule has 0 N–H and O–H groups in total. The van der Waals surface area contributed by atoms with Gasteiger partial charge in [0.15, 0.2) is 0 Å². The van der Waals surface area contributed by atoms with Crippen LogP contribution in [0.1, 0.15) is 48.0 Å². The lowest BCUT2D eigenvalue weighted by molar-refractivity contribution is -0.137. The molecule has 34 heavy (non-hydrogen) atoms. The number of hydrogen-bond donors (Lipinski definition) is 0. The van der Waals surface area contributed by atoms with Crippen LogP contribution in [0, 0.1) is 0 Å². The number of halogens is 5. The highest BCUT2D eigenvalue weighted by atomic mass is 35.5. The minimum Gasteiger partial charge on any atom is -0.372 e. The second-order valence-electron chi connectivity index (χ2n) is 7.90. The molecule has 0 amide bonds. The van der Waals surface area contributed by atoms with Gasteiger partial charge < -0.3 is 4.74 Å². The quantitative estimate of drug-likeness (QED) is 0.263. The summed E-state index contributed by atoms with van der Waals surface area (Å²) in [4.78, 5) is 0. The molecule has 1 unspecified atom stereocenters. The number of benzene rings is 3. The van der Waals surface area contributed by atoms with Crippen LogP contribution in [0.25, 0.3) is 16.5 Å². The molecule has 1 aromatic heterocycles. The lowest BCUT2D eigenvalue weighted by atomic mass is 9.93. The first-order valence-electron chi connectivity index (χ1n) is 10.9. The van der Waals surface area contributed by atoms with Gasteiger partial charge in [-0.1, -0.05) is 79.5 Å². The average Bonchev–Trinajstić information content (AvgIpc) is 3.16. The van der Waals surface area contributed by atoms with Crippen LogP contribution in [-0.2, 0) is 23.8 Å². The van der Waals surface area contributed by atoms with Crippen LogP contribution in [-0.4, -0.2) is 16.9 Å². The van der Waals surface area contributed by atoms with Crippen molar-refractivity contribution in [3.05, 3.63) is 92.7 Å². The Kier molecular flexibility index (Phi) is 6.94. The van der Waals surface area contributed by atoms with Crippen molar-refractivity contribution in [2.75, 3.05) is 7.11 Å². The number of aromatic nitrogens is 2. The Morgan fingerprint density at radius 2 is 1.62 bits per heavy atom. The number of methoxy groups -OCH3 is 1. The van der Waals surface area contributed by atoms with E-state index in [2.05, 4.69) is 0 Å². The molecule has 0 radical (unpaired) electrons. The molecule has 3 nitrogen and oxygen atoms in total. The summed E-state index contributed by atoms with van der Waals surface area (Å²) in [5.74, 6) is 0. The number of hydrogen-bond acceptors (Lipinski definition) is 2. The third kappa shape index (κ3) is 4.30. The highest BCUT2D eigenvalue weighted by molar-refractivity contribution is 6.37. The summed E-state index contributed by atoms with van der Waals surface area (Å²) in [5.41, 5.74) is 2.72. The summed E-state index contributed by atoms with van der Waals surface area (Å²) in [6.45, 7) is 3.93. The second kappa shape index (κ2) is 9.61. The van der Waals surface area contributed by atoms with Crippen molar-refractivity contribution in [2.45, 2.75) is 39.0 Å². The Morgan fingerprint density at radius 1 is 0.971 bits per heavy atom. The fraction of sp³-hybridized carbons (Fsp3) is 0.269. The monoisotopic (exact) mass is 506 g/mol. The number of ether oxygens (including phenoxy) is 1. The lowest BCUT2D eigenvalue weighted by Crippen LogP contribution is -2.11. The molecule has 3 aromatic carbocycles. The van der Waals surface area contributed by atoms with Crippen molar-refractivity contribution in [2.24, 2.45) is 0 Å². The van der Waals surface area contributed by atoms with Gasteiger partial charge in [0.2, 0.25) is 0 Å². The van der Waals surface area contributed by atoms with E-state index < -0.39 is 17.8 Å². The fourth-order valence-corrected chi connectivity index (χ4v) is 5.06. The molecule has 0 bridgehead atoms. The van der Waals surface area contributed by atoms with E-state index >= 15 is 0 Å². The smallest absolute Gasteiger partial charge is 0.372 e. The summed E-state index contributed by atoms with van der Waals surface area (Å²) in [7, 11) is 1.64. The van der Waals surface area contributed by atoms with Gasteiger partial charge in [0.05, 0.1) is 27.0 Å². The molecule has 1 atom stereocenters. The first-order chi connectivity index (χ1) is 16.2. The Bertz CT molecular complexity index is 1320. The van der Waals surface area contributed by atoms with E-state index in [4.69, 9.17) is 33.0 Å². The highest BCUT2D eigenvalue weighted by Gasteiger charge is 2.33. The molecule has 0 saturated heterocycles. The number of fused-ring (bicyclic) bond motifs is 1. The van der Waals surface area contributed by atoms with E-state index in [1.165, 1.54) is 0 Å². The van der Waals surface area contributed by atoms with Crippen LogP contribution in [0.2, 0.25) is 10.0 Å². The first kappa shape index (κ1) is 24.6. The van der Waals surface area contributed by atoms with Crippen LogP contribution in [0.15, 0.2) is 54.6 Å². The Labute approximate surface area is 206 Å². The van der Waals surface area contributed by atoms with Gasteiger partial charge in [0.25, 0.3) is 0 Å². The third-order valence-corrected chi connectivity index (χ3v) is 6.50. The molecule has 0 fully saturated rings. The van der Waals surface area contributed by atoms with Crippen LogP contribution in [0.4, 0.5) is 13.2 Å². The molecule has 4 rings (SSSR count). The number of rotatable bonds is 6. The average molecular weight is 507 g/mol. The molecule has 8 heteroatoms. The maximum Gasteiger partial charge on any atom is 0.416 e. The van der Waals surface area contributed by atoms with Gasteiger partial charge in [-0.25, -0.2) is 4.68 Å². The summed E-state index contributed by atoms with van der Waals surface area (Å²) in [6, 6.07) is 15.8. The molecule has 1 heterocycles. The molecule has 0 aliphatic heterocycles. The van der Waals surface area contributed by atoms with Gasteiger partial charge in [-0.2, -0.15) is 18.3 Å². The zero-order valence-corrected chi connectivity index (χ0v) is 20.4. The van der Waals surface area contributed by atoms with E-state index in [9.17, 15) is 13.2 Å². The van der Waals surface area contributed by atoms with Gasteiger partial charge in [0.1, 0.15) is 11.8 Å². The topological polar surface area (TPSA) is 27.1 Å². The summed E-state index contributed by atoms with van der Waals surface area (Å²) < 4.78 is 47.4. The van der Waals surface area contributed by atoms with Crippen LogP contribution in [0.5, 0.6) is 0 Å². The Morgan fingerprint density at radius 3 is 2.21 bits per heavy atom. The van der Waals surface area contributed by atoms with Crippen molar-refractivity contribution in [1.82, 2.24) is 9.78 Å². The summed E-state index contributed by atoms with van der Waals surface area (Å²) in [5, 5.41) is 6.64. The Hall–Kier alpha value is -2.54. The molecule has 178 valence electrons. The van der Waals surface area contributed by atoms with Crippen LogP contribution in [0.3, 0.4) is 0 Å². The predicted octanol–water partition coefficient (Wildman–Crippen LogP) is 8.21. The highest BCUT2D eigenvalue weighted by Crippen LogP contribution is 2.41.